The average Bonchev–Trinajstić information content (AvgIpc) is 2.43. The minimum Gasteiger partial charge on any atom is -0.508 e. The quantitative estimate of drug-likeness (QED) is 0.797. The van der Waals surface area contributed by atoms with E-state index in [4.69, 9.17) is 5.73 Å². The number of aromatic hydroxyl groups is 2. The normalized spacial score (nSPS) is 11.2. The van der Waals surface area contributed by atoms with E-state index in [0.29, 0.717) is 17.5 Å². The van der Waals surface area contributed by atoms with Crippen molar-refractivity contribution < 1.29 is 15.0 Å². The van der Waals surface area contributed by atoms with Gasteiger partial charge in [-0.1, -0.05) is 43.3 Å². The highest BCUT2D eigenvalue weighted by atomic mass is 16.3. The first-order chi connectivity index (χ1) is 9.54. The Bertz CT molecular complexity index is 592. The van der Waals surface area contributed by atoms with Gasteiger partial charge in [0.05, 0.1) is 0 Å². The molecule has 0 aromatic heterocycles. The molecule has 0 saturated heterocycles. The van der Waals surface area contributed by atoms with Crippen molar-refractivity contribution >= 4 is 5.91 Å². The van der Waals surface area contributed by atoms with E-state index in [2.05, 4.69) is 0 Å². The fourth-order valence-corrected chi connectivity index (χ4v) is 2.63. The number of rotatable bonds is 4. The van der Waals surface area contributed by atoms with Gasteiger partial charge in [0, 0.05) is 11.1 Å². The third-order valence-electron chi connectivity index (χ3n) is 3.68. The van der Waals surface area contributed by atoms with Crippen molar-refractivity contribution in [1.82, 2.24) is 0 Å². The minimum absolute atomic E-state index is 0.0172. The number of amides is 1. The Morgan fingerprint density at radius 2 is 1.40 bits per heavy atom. The molecule has 0 aliphatic heterocycles. The molecule has 0 fully saturated rings. The largest absolute Gasteiger partial charge is 0.508 e. The highest BCUT2D eigenvalue weighted by molar-refractivity contribution is 5.92. The molecule has 4 heteroatoms. The number of carbonyl (C=O) groups is 1. The summed E-state index contributed by atoms with van der Waals surface area (Å²) in [5.74, 6) is -0.643. The summed E-state index contributed by atoms with van der Waals surface area (Å²) in [6.07, 6.45) is 0.331. The van der Waals surface area contributed by atoms with Crippen molar-refractivity contribution in [3.05, 3.63) is 59.7 Å². The van der Waals surface area contributed by atoms with E-state index >= 15 is 0 Å². The van der Waals surface area contributed by atoms with Crippen LogP contribution >= 0.6 is 0 Å². The van der Waals surface area contributed by atoms with Gasteiger partial charge in [0.15, 0.2) is 0 Å². The monoisotopic (exact) mass is 271 g/mol. The third-order valence-corrected chi connectivity index (χ3v) is 3.68. The maximum Gasteiger partial charge on any atom is 0.232 e. The van der Waals surface area contributed by atoms with Gasteiger partial charge < -0.3 is 15.9 Å². The van der Waals surface area contributed by atoms with E-state index in [9.17, 15) is 15.0 Å². The standard InChI is InChI=1S/C16H17NO3/c1-2-16(15(17)20,11-7-3-5-9-13(11)18)12-8-4-6-10-14(12)19/h3-10,18-19H,2H2,1H3,(H2,17,20). The number of benzene rings is 2. The van der Waals surface area contributed by atoms with Gasteiger partial charge in [-0.25, -0.2) is 0 Å². The number of phenols is 2. The summed E-state index contributed by atoms with van der Waals surface area (Å²) >= 11 is 0. The number of primary amides is 1. The predicted octanol–water partition coefficient (Wildman–Crippen LogP) is 2.28. The minimum atomic E-state index is -1.25. The van der Waals surface area contributed by atoms with Crippen molar-refractivity contribution in [1.29, 1.82) is 0 Å². The van der Waals surface area contributed by atoms with Crippen molar-refractivity contribution in [3.8, 4) is 11.5 Å². The second-order valence-electron chi connectivity index (χ2n) is 4.66. The lowest BCUT2D eigenvalue weighted by Gasteiger charge is -2.31. The molecule has 0 saturated carbocycles. The second kappa shape index (κ2) is 5.25. The van der Waals surface area contributed by atoms with E-state index in [0.717, 1.165) is 0 Å². The van der Waals surface area contributed by atoms with Gasteiger partial charge >= 0.3 is 0 Å². The lowest BCUT2D eigenvalue weighted by Crippen LogP contribution is -2.42. The molecule has 0 radical (unpaired) electrons. The summed E-state index contributed by atoms with van der Waals surface area (Å²) in [5.41, 5.74) is 5.17. The molecule has 0 bridgehead atoms. The van der Waals surface area contributed by atoms with Crippen LogP contribution in [0.5, 0.6) is 11.5 Å². The molecule has 0 heterocycles. The Morgan fingerprint density at radius 1 is 1.00 bits per heavy atom. The van der Waals surface area contributed by atoms with Crippen molar-refractivity contribution in [3.63, 3.8) is 0 Å². The number of nitrogens with two attached hydrogens (primary N) is 1. The molecule has 0 aliphatic rings. The van der Waals surface area contributed by atoms with Crippen LogP contribution in [0.2, 0.25) is 0 Å². The van der Waals surface area contributed by atoms with Gasteiger partial charge in [-0.15, -0.1) is 0 Å². The highest BCUT2D eigenvalue weighted by Gasteiger charge is 2.42. The number of phenolic OH excluding ortho intramolecular Hbond substituents is 2. The SMILES string of the molecule is CCC(C(N)=O)(c1ccccc1O)c1ccccc1O. The number of para-hydroxylation sites is 2. The van der Waals surface area contributed by atoms with Crippen LogP contribution in [0.3, 0.4) is 0 Å². The topological polar surface area (TPSA) is 83.6 Å². The molecule has 4 N–H and O–H groups in total. The van der Waals surface area contributed by atoms with E-state index in [1.807, 2.05) is 0 Å². The molecule has 20 heavy (non-hydrogen) atoms. The molecule has 0 atom stereocenters. The van der Waals surface area contributed by atoms with Gasteiger partial charge in [-0.3, -0.25) is 4.79 Å². The summed E-state index contributed by atoms with van der Waals surface area (Å²) in [6, 6.07) is 13.1. The van der Waals surface area contributed by atoms with E-state index in [1.165, 1.54) is 12.1 Å². The average molecular weight is 271 g/mol. The summed E-state index contributed by atoms with van der Waals surface area (Å²) < 4.78 is 0. The van der Waals surface area contributed by atoms with Crippen LogP contribution in [0.1, 0.15) is 24.5 Å². The molecule has 1 amide bonds. The Kier molecular flexibility index (Phi) is 3.66. The zero-order valence-corrected chi connectivity index (χ0v) is 11.2. The molecule has 0 unspecified atom stereocenters. The van der Waals surface area contributed by atoms with Gasteiger partial charge in [0.1, 0.15) is 16.9 Å². The van der Waals surface area contributed by atoms with E-state index in [1.54, 1.807) is 43.3 Å². The molecule has 0 aliphatic carbocycles. The fraction of sp³-hybridized carbons (Fsp3) is 0.188. The number of carbonyl (C=O) groups excluding carboxylic acids is 1. The maximum atomic E-state index is 12.2. The molecule has 2 aromatic rings. The van der Waals surface area contributed by atoms with Crippen LogP contribution < -0.4 is 5.73 Å². The molecule has 0 spiro atoms. The van der Waals surface area contributed by atoms with Crippen LogP contribution in [0, 0.1) is 0 Å². The first kappa shape index (κ1) is 13.9. The Morgan fingerprint density at radius 3 is 1.70 bits per heavy atom. The predicted molar refractivity (Wildman–Crippen MR) is 76.5 cm³/mol. The molecule has 2 aromatic carbocycles. The first-order valence-corrected chi connectivity index (χ1v) is 6.41. The smallest absolute Gasteiger partial charge is 0.232 e. The molecule has 2 rings (SSSR count). The van der Waals surface area contributed by atoms with Gasteiger partial charge in [0.2, 0.25) is 5.91 Å². The van der Waals surface area contributed by atoms with Gasteiger partial charge in [-0.2, -0.15) is 0 Å². The van der Waals surface area contributed by atoms with Crippen LogP contribution in [0.4, 0.5) is 0 Å². The van der Waals surface area contributed by atoms with Crippen LogP contribution in [0.15, 0.2) is 48.5 Å². The zero-order chi connectivity index (χ0) is 14.8. The molecule has 4 nitrogen and oxygen atoms in total. The summed E-state index contributed by atoms with van der Waals surface area (Å²) in [6.45, 7) is 1.80. The lowest BCUT2D eigenvalue weighted by molar-refractivity contribution is -0.122. The highest BCUT2D eigenvalue weighted by Crippen LogP contribution is 2.43. The van der Waals surface area contributed by atoms with E-state index in [-0.39, 0.29) is 11.5 Å². The molecular weight excluding hydrogens is 254 g/mol. The van der Waals surface area contributed by atoms with Crippen molar-refractivity contribution in [2.24, 2.45) is 5.73 Å². The lowest BCUT2D eigenvalue weighted by atomic mass is 9.71. The van der Waals surface area contributed by atoms with Crippen molar-refractivity contribution in [2.75, 3.05) is 0 Å². The Balaban J connectivity index is 2.80. The molecular formula is C16H17NO3. The van der Waals surface area contributed by atoms with Crippen LogP contribution in [0.25, 0.3) is 0 Å². The van der Waals surface area contributed by atoms with Gasteiger partial charge in [-0.05, 0) is 18.6 Å². The zero-order valence-electron chi connectivity index (χ0n) is 11.2. The molecule has 104 valence electrons. The summed E-state index contributed by atoms with van der Waals surface area (Å²) in [7, 11) is 0. The fourth-order valence-electron chi connectivity index (χ4n) is 2.63. The van der Waals surface area contributed by atoms with Crippen LogP contribution in [-0.2, 0) is 10.2 Å². The maximum absolute atomic E-state index is 12.2. The van der Waals surface area contributed by atoms with Crippen molar-refractivity contribution in [2.45, 2.75) is 18.8 Å². The van der Waals surface area contributed by atoms with Gasteiger partial charge in [0.25, 0.3) is 0 Å². The Hall–Kier alpha value is -2.49. The number of hydrogen-bond acceptors (Lipinski definition) is 3. The second-order valence-corrected chi connectivity index (χ2v) is 4.66. The summed E-state index contributed by atoms with van der Waals surface area (Å²) in [4.78, 5) is 12.2. The van der Waals surface area contributed by atoms with Crippen LogP contribution in [-0.4, -0.2) is 16.1 Å². The first-order valence-electron chi connectivity index (χ1n) is 6.41. The van der Waals surface area contributed by atoms with E-state index < -0.39 is 11.3 Å². The summed E-state index contributed by atoms with van der Waals surface area (Å²) in [5, 5.41) is 20.2. The number of hydrogen-bond donors (Lipinski definition) is 3. The third kappa shape index (κ3) is 1.99. The Labute approximate surface area is 117 Å².